The third kappa shape index (κ3) is 5.90. The van der Waals surface area contributed by atoms with Gasteiger partial charge >= 0.3 is 6.09 Å². The quantitative estimate of drug-likeness (QED) is 0.442. The summed E-state index contributed by atoms with van der Waals surface area (Å²) in [5.74, 6) is -0.804. The summed E-state index contributed by atoms with van der Waals surface area (Å²) >= 11 is 17.7. The van der Waals surface area contributed by atoms with Crippen LogP contribution in [0.15, 0.2) is 58.7 Å². The maximum atomic E-state index is 12.0. The van der Waals surface area contributed by atoms with Crippen molar-refractivity contribution in [2.75, 3.05) is 0 Å². The van der Waals surface area contributed by atoms with Gasteiger partial charge in [0, 0.05) is 0 Å². The summed E-state index contributed by atoms with van der Waals surface area (Å²) in [5.41, 5.74) is 0.820. The highest BCUT2D eigenvalue weighted by Crippen LogP contribution is 2.23. The Kier molecular flexibility index (Phi) is 7.01. The zero-order valence-corrected chi connectivity index (χ0v) is 14.8. The highest BCUT2D eigenvalue weighted by Gasteiger charge is 2.17. The summed E-state index contributed by atoms with van der Waals surface area (Å²) < 4.78 is 0. The first-order valence-electron chi connectivity index (χ1n) is 6.89. The van der Waals surface area contributed by atoms with Crippen molar-refractivity contribution in [1.29, 1.82) is 0 Å². The van der Waals surface area contributed by atoms with Crippen LogP contribution in [0.25, 0.3) is 6.08 Å². The number of imide groups is 1. The van der Waals surface area contributed by atoms with Gasteiger partial charge < -0.3 is 0 Å². The van der Waals surface area contributed by atoms with Gasteiger partial charge in [-0.25, -0.2) is 4.79 Å². The van der Waals surface area contributed by atoms with E-state index in [1.165, 1.54) is 12.1 Å². The van der Waals surface area contributed by atoms with Crippen LogP contribution in [0.5, 0.6) is 0 Å². The van der Waals surface area contributed by atoms with E-state index in [1.54, 1.807) is 12.1 Å². The topological polar surface area (TPSA) is 67.8 Å². The largest absolute Gasteiger partial charge is 0.440 e. The summed E-state index contributed by atoms with van der Waals surface area (Å²) in [6.45, 7) is 0. The van der Waals surface area contributed by atoms with Crippen LogP contribution in [0.1, 0.15) is 15.9 Å². The number of nitrogens with zero attached hydrogens (tertiary/aromatic N) is 1. The Hall–Kier alpha value is -2.34. The molecular weight excluding hydrogens is 387 g/mol. The second-order valence-electron chi connectivity index (χ2n) is 4.60. The van der Waals surface area contributed by atoms with Crippen LogP contribution < -0.4 is 5.32 Å². The molecule has 8 heteroatoms. The summed E-state index contributed by atoms with van der Waals surface area (Å²) in [6.07, 6.45) is 1.66. The van der Waals surface area contributed by atoms with Crippen molar-refractivity contribution in [3.63, 3.8) is 0 Å². The second-order valence-corrected chi connectivity index (χ2v) is 5.85. The zero-order valence-electron chi connectivity index (χ0n) is 12.6. The number of allylic oxidation sites excluding steroid dienone is 1. The average molecular weight is 398 g/mol. The Morgan fingerprint density at radius 1 is 1.00 bits per heavy atom. The van der Waals surface area contributed by atoms with Crippen molar-refractivity contribution >= 4 is 59.1 Å². The molecule has 0 spiro atoms. The third-order valence-corrected chi connectivity index (χ3v) is 3.66. The smallest absolute Gasteiger partial charge is 0.298 e. The monoisotopic (exact) mass is 396 g/mol. The first-order valence-corrected chi connectivity index (χ1v) is 8.02. The predicted octanol–water partition coefficient (Wildman–Crippen LogP) is 5.13. The number of carbonyl (C=O) groups is 2. The Balaban J connectivity index is 1.92. The number of hydrogen-bond acceptors (Lipinski definition) is 4. The normalized spacial score (nSPS) is 11.4. The fourth-order valence-electron chi connectivity index (χ4n) is 1.76. The van der Waals surface area contributed by atoms with Crippen molar-refractivity contribution < 1.29 is 14.4 Å². The number of amides is 2. The lowest BCUT2D eigenvalue weighted by atomic mass is 10.2. The fourth-order valence-corrected chi connectivity index (χ4v) is 2.50. The van der Waals surface area contributed by atoms with Crippen molar-refractivity contribution in [3.8, 4) is 0 Å². The molecule has 0 saturated heterocycles. The number of benzene rings is 2. The molecule has 1 N–H and O–H groups in total. The molecule has 2 amide bonds. The molecule has 2 rings (SSSR count). The Morgan fingerprint density at radius 3 is 2.28 bits per heavy atom. The van der Waals surface area contributed by atoms with Gasteiger partial charge in [0.25, 0.3) is 5.91 Å². The zero-order chi connectivity index (χ0) is 18.2. The molecule has 0 saturated carbocycles. The second kappa shape index (κ2) is 9.22. The number of oxime groups is 1. The summed E-state index contributed by atoms with van der Waals surface area (Å²) in [6, 6.07) is 13.8. The van der Waals surface area contributed by atoms with E-state index in [0.717, 1.165) is 11.8 Å². The number of nitrogens with one attached hydrogen (secondary N) is 1. The highest BCUT2D eigenvalue weighted by molar-refractivity contribution is 6.41. The number of carbonyl (C=O) groups excluding carboxylic acids is 2. The molecule has 25 heavy (non-hydrogen) atoms. The summed E-state index contributed by atoms with van der Waals surface area (Å²) in [5, 5.41) is 5.81. The lowest BCUT2D eigenvalue weighted by Crippen LogP contribution is -2.30. The predicted molar refractivity (Wildman–Crippen MR) is 99.2 cm³/mol. The van der Waals surface area contributed by atoms with E-state index in [2.05, 4.69) is 9.99 Å². The van der Waals surface area contributed by atoms with E-state index in [0.29, 0.717) is 0 Å². The van der Waals surface area contributed by atoms with Crippen LogP contribution in [0, 0.1) is 0 Å². The molecule has 2 aromatic carbocycles. The van der Waals surface area contributed by atoms with Gasteiger partial charge in [0.2, 0.25) is 0 Å². The van der Waals surface area contributed by atoms with Gasteiger partial charge in [0.05, 0.1) is 26.9 Å². The molecule has 0 unspecified atom stereocenters. The van der Waals surface area contributed by atoms with E-state index in [-0.39, 0.29) is 20.6 Å². The SMILES string of the molecule is O=C(NC(=O)c1c(Cl)cccc1Cl)ON=CC(Cl)=Cc1ccccc1. The Morgan fingerprint density at radius 2 is 1.64 bits per heavy atom. The minimum absolute atomic E-state index is 0.0335. The summed E-state index contributed by atoms with van der Waals surface area (Å²) in [4.78, 5) is 28.0. The average Bonchev–Trinajstić information content (AvgIpc) is 2.55. The molecule has 0 heterocycles. The molecule has 0 aromatic heterocycles. The van der Waals surface area contributed by atoms with Gasteiger partial charge in [0.15, 0.2) is 0 Å². The molecule has 0 aliphatic rings. The lowest BCUT2D eigenvalue weighted by Gasteiger charge is -2.05. The van der Waals surface area contributed by atoms with E-state index < -0.39 is 12.0 Å². The van der Waals surface area contributed by atoms with Crippen molar-refractivity contribution in [1.82, 2.24) is 5.32 Å². The first-order chi connectivity index (χ1) is 12.0. The van der Waals surface area contributed by atoms with E-state index in [1.807, 2.05) is 35.6 Å². The van der Waals surface area contributed by atoms with Crippen LogP contribution in [-0.2, 0) is 4.84 Å². The van der Waals surface area contributed by atoms with Crippen LogP contribution >= 0.6 is 34.8 Å². The molecule has 128 valence electrons. The van der Waals surface area contributed by atoms with Crippen LogP contribution in [-0.4, -0.2) is 18.2 Å². The Labute approximate surface area is 158 Å². The number of halogens is 3. The highest BCUT2D eigenvalue weighted by atomic mass is 35.5. The van der Waals surface area contributed by atoms with Gasteiger partial charge in [0.1, 0.15) is 0 Å². The molecule has 0 fully saturated rings. The van der Waals surface area contributed by atoms with Gasteiger partial charge in [-0.05, 0) is 23.8 Å². The van der Waals surface area contributed by atoms with Crippen LogP contribution in [0.4, 0.5) is 4.79 Å². The molecule has 0 radical (unpaired) electrons. The molecule has 0 atom stereocenters. The third-order valence-electron chi connectivity index (χ3n) is 2.82. The molecule has 0 aliphatic carbocycles. The molecule has 0 bridgehead atoms. The van der Waals surface area contributed by atoms with Gasteiger partial charge in [-0.15, -0.1) is 0 Å². The minimum Gasteiger partial charge on any atom is -0.298 e. The molecule has 0 aliphatic heterocycles. The van der Waals surface area contributed by atoms with Gasteiger partial charge in [-0.1, -0.05) is 76.4 Å². The lowest BCUT2D eigenvalue weighted by molar-refractivity contribution is 0.0924. The standard InChI is InChI=1S/C17H11Cl3N2O3/c18-12(9-11-5-2-1-3-6-11)10-21-25-17(24)22-16(23)15-13(19)7-4-8-14(15)20/h1-10H,(H,22,23,24). The first kappa shape index (κ1) is 19.0. The van der Waals surface area contributed by atoms with E-state index >= 15 is 0 Å². The van der Waals surface area contributed by atoms with E-state index in [4.69, 9.17) is 34.8 Å². The number of hydrogen-bond donors (Lipinski definition) is 1. The molecule has 5 nitrogen and oxygen atoms in total. The van der Waals surface area contributed by atoms with Crippen molar-refractivity contribution in [3.05, 3.63) is 74.7 Å². The Bertz CT molecular complexity index is 816. The molecule has 2 aromatic rings. The van der Waals surface area contributed by atoms with Gasteiger partial charge in [-0.2, -0.15) is 0 Å². The van der Waals surface area contributed by atoms with Crippen molar-refractivity contribution in [2.24, 2.45) is 5.16 Å². The van der Waals surface area contributed by atoms with Crippen molar-refractivity contribution in [2.45, 2.75) is 0 Å². The fraction of sp³-hybridized carbons (Fsp3) is 0. The maximum absolute atomic E-state index is 12.0. The van der Waals surface area contributed by atoms with Crippen LogP contribution in [0.3, 0.4) is 0 Å². The minimum atomic E-state index is -1.10. The maximum Gasteiger partial charge on any atom is 0.440 e. The molecular formula is C17H11Cl3N2O3. The van der Waals surface area contributed by atoms with Crippen LogP contribution in [0.2, 0.25) is 10.0 Å². The number of rotatable bonds is 4. The summed E-state index contributed by atoms with van der Waals surface area (Å²) in [7, 11) is 0. The van der Waals surface area contributed by atoms with E-state index in [9.17, 15) is 9.59 Å². The van der Waals surface area contributed by atoms with Gasteiger partial charge in [-0.3, -0.25) is 14.9 Å².